The van der Waals surface area contributed by atoms with Crippen LogP contribution in [0.1, 0.15) is 5.56 Å². The molecule has 0 saturated heterocycles. The molecule has 4 nitrogen and oxygen atoms in total. The molecule has 0 heterocycles. The highest BCUT2D eigenvalue weighted by Gasteiger charge is 2.30. The van der Waals surface area contributed by atoms with Crippen molar-refractivity contribution in [1.82, 2.24) is 0 Å². The molecule has 8 heteroatoms. The molecule has 0 fully saturated rings. The van der Waals surface area contributed by atoms with Crippen LogP contribution >= 0.6 is 7.82 Å². The lowest BCUT2D eigenvalue weighted by Gasteiger charge is -2.29. The average molecular weight is 240 g/mol. The van der Waals surface area contributed by atoms with E-state index in [9.17, 15) is 27.5 Å². The molecular formula is C7H4F3O4P-2. The van der Waals surface area contributed by atoms with E-state index in [4.69, 9.17) is 0 Å². The predicted octanol–water partition coefficient (Wildman–Crippen LogP) is 0.913. The maximum atomic E-state index is 12.1. The van der Waals surface area contributed by atoms with Crippen molar-refractivity contribution >= 4 is 7.82 Å². The van der Waals surface area contributed by atoms with Crippen LogP contribution in [-0.2, 0) is 10.7 Å². The highest BCUT2D eigenvalue weighted by molar-refractivity contribution is 7.43. The average Bonchev–Trinajstić information content (AvgIpc) is 1.99. The Hall–Kier alpha value is -1.04. The molecule has 0 atom stereocenters. The standard InChI is InChI=1S/C7H6F3O4P/c8-7(9,10)5-2-1-3-6(4-5)14-15(11,12)13/h1-4H,(H2,11,12,13)/p-2. The number of phosphoric ester groups is 1. The highest BCUT2D eigenvalue weighted by atomic mass is 31.2. The Balaban J connectivity index is 2.99. The second kappa shape index (κ2) is 3.84. The molecule has 1 aromatic carbocycles. The Morgan fingerprint density at radius 2 is 1.87 bits per heavy atom. The number of hydrogen-bond donors (Lipinski definition) is 0. The first-order valence-electron chi connectivity index (χ1n) is 3.57. The van der Waals surface area contributed by atoms with Crippen LogP contribution in [0.3, 0.4) is 0 Å². The Bertz CT molecular complexity index is 397. The summed E-state index contributed by atoms with van der Waals surface area (Å²) in [7, 11) is -5.33. The summed E-state index contributed by atoms with van der Waals surface area (Å²) < 4.78 is 50.3. The van der Waals surface area contributed by atoms with Crippen molar-refractivity contribution in [2.45, 2.75) is 6.18 Å². The molecule has 1 aromatic rings. The maximum absolute atomic E-state index is 12.1. The summed E-state index contributed by atoms with van der Waals surface area (Å²) in [6, 6.07) is 3.04. The van der Waals surface area contributed by atoms with Crippen molar-refractivity contribution in [3.8, 4) is 5.75 Å². The fourth-order valence-corrected chi connectivity index (χ4v) is 1.23. The zero-order chi connectivity index (χ0) is 11.7. The number of hydrogen-bond acceptors (Lipinski definition) is 4. The minimum absolute atomic E-state index is 0.433. The molecule has 0 amide bonds. The summed E-state index contributed by atoms with van der Waals surface area (Å²) in [4.78, 5) is 20.3. The summed E-state index contributed by atoms with van der Waals surface area (Å²) >= 11 is 0. The number of alkyl halides is 3. The molecule has 0 aliphatic heterocycles. The van der Waals surface area contributed by atoms with Gasteiger partial charge in [0.2, 0.25) is 0 Å². The summed E-state index contributed by atoms with van der Waals surface area (Å²) in [5.74, 6) is -0.654. The number of benzene rings is 1. The fraction of sp³-hybridized carbons (Fsp3) is 0.143. The van der Waals surface area contributed by atoms with Crippen LogP contribution in [0.25, 0.3) is 0 Å². The van der Waals surface area contributed by atoms with E-state index in [0.717, 1.165) is 18.2 Å². The Morgan fingerprint density at radius 1 is 1.27 bits per heavy atom. The lowest BCUT2D eigenvalue weighted by Crippen LogP contribution is -2.18. The monoisotopic (exact) mass is 240 g/mol. The van der Waals surface area contributed by atoms with Crippen molar-refractivity contribution in [2.24, 2.45) is 0 Å². The molecule has 0 radical (unpaired) electrons. The Kier molecular flexibility index (Phi) is 3.08. The van der Waals surface area contributed by atoms with Gasteiger partial charge in [-0.05, 0) is 18.2 Å². The summed E-state index contributed by atoms with van der Waals surface area (Å²) in [5.41, 5.74) is -1.09. The van der Waals surface area contributed by atoms with E-state index in [0.29, 0.717) is 6.07 Å². The Morgan fingerprint density at radius 3 is 2.33 bits per heavy atom. The normalized spacial score (nSPS) is 12.6. The fourth-order valence-electron chi connectivity index (χ4n) is 0.858. The van der Waals surface area contributed by atoms with Gasteiger partial charge in [0, 0.05) is 0 Å². The molecule has 1 rings (SSSR count). The third kappa shape index (κ3) is 3.91. The molecule has 0 bridgehead atoms. The second-order valence-electron chi connectivity index (χ2n) is 2.56. The maximum Gasteiger partial charge on any atom is 0.416 e. The van der Waals surface area contributed by atoms with E-state index in [1.807, 2.05) is 0 Å². The van der Waals surface area contributed by atoms with Crippen LogP contribution < -0.4 is 14.3 Å². The lowest BCUT2D eigenvalue weighted by molar-refractivity contribution is -0.333. The van der Waals surface area contributed by atoms with Crippen molar-refractivity contribution in [2.75, 3.05) is 0 Å². The zero-order valence-corrected chi connectivity index (χ0v) is 7.92. The molecule has 0 spiro atoms. The van der Waals surface area contributed by atoms with Gasteiger partial charge < -0.3 is 18.9 Å². The van der Waals surface area contributed by atoms with E-state index >= 15 is 0 Å². The SMILES string of the molecule is O=P([O-])([O-])Oc1cccc(C(F)(F)F)c1. The van der Waals surface area contributed by atoms with Gasteiger partial charge in [-0.2, -0.15) is 13.2 Å². The third-order valence-electron chi connectivity index (χ3n) is 1.38. The quantitative estimate of drug-likeness (QED) is 0.720. The number of halogens is 3. The first-order valence-corrected chi connectivity index (χ1v) is 5.03. The van der Waals surface area contributed by atoms with E-state index in [2.05, 4.69) is 4.52 Å². The van der Waals surface area contributed by atoms with Gasteiger partial charge >= 0.3 is 6.18 Å². The van der Waals surface area contributed by atoms with Crippen molar-refractivity contribution in [1.29, 1.82) is 0 Å². The van der Waals surface area contributed by atoms with Crippen LogP contribution in [0.4, 0.5) is 13.2 Å². The lowest BCUT2D eigenvalue weighted by atomic mass is 10.2. The van der Waals surface area contributed by atoms with Gasteiger partial charge in [0.1, 0.15) is 13.6 Å². The topological polar surface area (TPSA) is 72.4 Å². The zero-order valence-electron chi connectivity index (χ0n) is 7.02. The minimum Gasteiger partial charge on any atom is -0.780 e. The van der Waals surface area contributed by atoms with Crippen LogP contribution in [0.5, 0.6) is 5.75 Å². The summed E-state index contributed by atoms with van der Waals surface area (Å²) in [6.45, 7) is 0. The molecule has 0 N–H and O–H groups in total. The van der Waals surface area contributed by atoms with E-state index in [1.165, 1.54) is 0 Å². The van der Waals surface area contributed by atoms with Gasteiger partial charge in [0.15, 0.2) is 0 Å². The van der Waals surface area contributed by atoms with Gasteiger partial charge in [-0.3, -0.25) is 0 Å². The molecule has 0 saturated carbocycles. The van der Waals surface area contributed by atoms with Gasteiger partial charge in [0.05, 0.1) is 5.56 Å². The van der Waals surface area contributed by atoms with Gasteiger partial charge in [-0.25, -0.2) is 0 Å². The highest BCUT2D eigenvalue weighted by Crippen LogP contribution is 2.34. The predicted molar refractivity (Wildman–Crippen MR) is 39.7 cm³/mol. The van der Waals surface area contributed by atoms with Crippen molar-refractivity contribution in [3.05, 3.63) is 29.8 Å². The summed E-state index contributed by atoms with van der Waals surface area (Å²) in [5, 5.41) is 0. The molecule has 0 aliphatic carbocycles. The molecular weight excluding hydrogens is 236 g/mol. The van der Waals surface area contributed by atoms with Crippen LogP contribution in [0.15, 0.2) is 24.3 Å². The molecule has 0 unspecified atom stereocenters. The molecule has 84 valence electrons. The van der Waals surface area contributed by atoms with Crippen LogP contribution in [0.2, 0.25) is 0 Å². The van der Waals surface area contributed by atoms with Gasteiger partial charge in [-0.1, -0.05) is 6.07 Å². The van der Waals surface area contributed by atoms with E-state index < -0.39 is 25.3 Å². The first kappa shape index (κ1) is 12.0. The molecule has 15 heavy (non-hydrogen) atoms. The number of phosphoric acid groups is 1. The van der Waals surface area contributed by atoms with Gasteiger partial charge in [-0.15, -0.1) is 0 Å². The number of rotatable bonds is 2. The minimum atomic E-state index is -5.33. The molecule has 0 aromatic heterocycles. The second-order valence-corrected chi connectivity index (χ2v) is 3.64. The molecule has 0 aliphatic rings. The van der Waals surface area contributed by atoms with Crippen molar-refractivity contribution in [3.63, 3.8) is 0 Å². The smallest absolute Gasteiger partial charge is 0.416 e. The van der Waals surface area contributed by atoms with Crippen LogP contribution in [0, 0.1) is 0 Å². The van der Waals surface area contributed by atoms with Crippen LogP contribution in [-0.4, -0.2) is 0 Å². The van der Waals surface area contributed by atoms with Crippen molar-refractivity contribution < 1.29 is 32.0 Å². The third-order valence-corrected chi connectivity index (χ3v) is 1.81. The van der Waals surface area contributed by atoms with Gasteiger partial charge in [0.25, 0.3) is 0 Å². The first-order chi connectivity index (χ1) is 6.68. The van der Waals surface area contributed by atoms with E-state index in [-0.39, 0.29) is 0 Å². The summed E-state index contributed by atoms with van der Waals surface area (Å²) in [6.07, 6.45) is -4.62. The van der Waals surface area contributed by atoms with E-state index in [1.54, 1.807) is 0 Å². The Labute approximate surface area is 82.5 Å². The largest absolute Gasteiger partial charge is 0.780 e.